The minimum atomic E-state index is -1.33. The van der Waals surface area contributed by atoms with E-state index >= 15 is 0 Å². The molecule has 254 valence electrons. The van der Waals surface area contributed by atoms with Crippen LogP contribution in [-0.2, 0) is 20.7 Å². The molecule has 0 saturated heterocycles. The maximum atomic E-state index is 12.7. The van der Waals surface area contributed by atoms with E-state index in [1.807, 2.05) is 0 Å². The van der Waals surface area contributed by atoms with E-state index < -0.39 is 40.6 Å². The minimum Gasteiger partial charge on any atom is -0.507 e. The van der Waals surface area contributed by atoms with Gasteiger partial charge in [-0.2, -0.15) is 0 Å². The van der Waals surface area contributed by atoms with E-state index in [4.69, 9.17) is 42.1 Å². The van der Waals surface area contributed by atoms with Crippen LogP contribution in [0.2, 0.25) is 10.0 Å². The lowest BCUT2D eigenvalue weighted by Gasteiger charge is -2.33. The number of phenolic OH excluding ortho intramolecular Hbond substituents is 4. The Bertz CT molecular complexity index is 2160. The molecule has 0 fully saturated rings. The van der Waals surface area contributed by atoms with Gasteiger partial charge in [-0.05, 0) is 61.7 Å². The lowest BCUT2D eigenvalue weighted by molar-refractivity contribution is -0.114. The molecule has 4 aliphatic rings. The Kier molecular flexibility index (Phi) is 7.97. The third kappa shape index (κ3) is 5.00. The smallest absolute Gasteiger partial charge is 0.347 e. The van der Waals surface area contributed by atoms with Crippen LogP contribution in [0.3, 0.4) is 0 Å². The summed E-state index contributed by atoms with van der Waals surface area (Å²) in [4.78, 5) is 36.3. The fraction of sp³-hybridized carbons (Fsp3) is 0.206. The van der Waals surface area contributed by atoms with E-state index in [1.165, 1.54) is 52.2 Å². The highest BCUT2D eigenvalue weighted by molar-refractivity contribution is 6.39. The van der Waals surface area contributed by atoms with Crippen molar-refractivity contribution >= 4 is 46.5 Å². The van der Waals surface area contributed by atoms with E-state index in [-0.39, 0.29) is 85.4 Å². The number of carbonyl (C=O) groups is 3. The molecule has 0 aromatic heterocycles. The zero-order valence-electron chi connectivity index (χ0n) is 26.0. The van der Waals surface area contributed by atoms with Crippen molar-refractivity contribution in [1.29, 1.82) is 0 Å². The summed E-state index contributed by atoms with van der Waals surface area (Å²) < 4.78 is 21.3. The number of fused-ring (bicyclic) bond motifs is 6. The van der Waals surface area contributed by atoms with Crippen molar-refractivity contribution < 1.29 is 64.0 Å². The van der Waals surface area contributed by atoms with Crippen LogP contribution in [0.1, 0.15) is 48.5 Å². The number of ketones is 1. The summed E-state index contributed by atoms with van der Waals surface area (Å²) in [6.45, 7) is 4.31. The Morgan fingerprint density at radius 2 is 1.51 bits per heavy atom. The van der Waals surface area contributed by atoms with Crippen LogP contribution >= 0.6 is 23.2 Å². The van der Waals surface area contributed by atoms with E-state index in [0.717, 1.165) is 0 Å². The Hall–Kier alpha value is -5.37. The number of aromatic hydroxyl groups is 4. The lowest BCUT2D eigenvalue weighted by atomic mass is 9.85. The summed E-state index contributed by atoms with van der Waals surface area (Å²) in [5, 5.41) is 60.2. The molecule has 0 spiro atoms. The van der Waals surface area contributed by atoms with Gasteiger partial charge in [-0.15, -0.1) is 0 Å². The third-order valence-corrected chi connectivity index (χ3v) is 9.44. The molecular formula is C34H26Cl2O13. The molecular weight excluding hydrogens is 687 g/mol. The molecule has 0 amide bonds. The Morgan fingerprint density at radius 1 is 0.857 bits per heavy atom. The van der Waals surface area contributed by atoms with Crippen LogP contribution in [0.5, 0.6) is 40.2 Å². The number of carbonyl (C=O) groups excluding carboxylic acids is 3. The number of benzene rings is 3. The first kappa shape index (κ1) is 33.5. The van der Waals surface area contributed by atoms with Crippen molar-refractivity contribution in [2.75, 3.05) is 13.7 Å². The molecule has 13 nitrogen and oxygen atoms in total. The molecule has 2 aliphatic heterocycles. The average molecular weight is 713 g/mol. The van der Waals surface area contributed by atoms with Crippen LogP contribution < -0.4 is 9.47 Å². The van der Waals surface area contributed by atoms with E-state index in [1.54, 1.807) is 0 Å². The van der Waals surface area contributed by atoms with Crippen LogP contribution in [0, 0.1) is 20.8 Å². The summed E-state index contributed by atoms with van der Waals surface area (Å²) in [6, 6.07) is 2.77. The number of ether oxygens (including phenoxy) is 4. The zero-order valence-corrected chi connectivity index (χ0v) is 27.5. The predicted molar refractivity (Wildman–Crippen MR) is 172 cm³/mol. The minimum absolute atomic E-state index is 0.0131. The number of hydrogen-bond acceptors (Lipinski definition) is 13. The normalized spacial score (nSPS) is 18.4. The quantitative estimate of drug-likeness (QED) is 0.104. The van der Waals surface area contributed by atoms with Crippen molar-refractivity contribution in [3.63, 3.8) is 0 Å². The van der Waals surface area contributed by atoms with Crippen molar-refractivity contribution in [3.05, 3.63) is 90.4 Å². The number of halogens is 2. The van der Waals surface area contributed by atoms with Crippen LogP contribution in [0.15, 0.2) is 41.4 Å². The molecule has 6 N–H and O–H groups in total. The molecule has 3 aromatic carbocycles. The lowest BCUT2D eigenvalue weighted by Crippen LogP contribution is -2.39. The molecule has 2 aliphatic carbocycles. The monoisotopic (exact) mass is 712 g/mol. The summed E-state index contributed by atoms with van der Waals surface area (Å²) in [7, 11) is 1.17. The van der Waals surface area contributed by atoms with E-state index in [9.17, 15) is 45.0 Å². The topological polar surface area (TPSA) is 210 Å². The van der Waals surface area contributed by atoms with Crippen LogP contribution in [-0.4, -0.2) is 67.7 Å². The van der Waals surface area contributed by atoms with Gasteiger partial charge in [0.25, 0.3) is 0 Å². The Labute approximate surface area is 287 Å². The van der Waals surface area contributed by atoms with Gasteiger partial charge in [0.2, 0.25) is 11.5 Å². The number of esters is 2. The number of aliphatic hydroxyl groups excluding tert-OH is 1. The van der Waals surface area contributed by atoms with Crippen LogP contribution in [0.4, 0.5) is 0 Å². The fourth-order valence-electron chi connectivity index (χ4n) is 6.14. The highest BCUT2D eigenvalue weighted by Crippen LogP contribution is 2.53. The molecule has 0 radical (unpaired) electrons. The van der Waals surface area contributed by atoms with Crippen LogP contribution in [0.25, 0.3) is 5.57 Å². The first-order valence-corrected chi connectivity index (χ1v) is 15.1. The second kappa shape index (κ2) is 11.7. The zero-order chi connectivity index (χ0) is 35.9. The Morgan fingerprint density at radius 3 is 2.18 bits per heavy atom. The standard InChI is InChI=1S/C18H14Cl2O7.C16H12O6/c1-5-9-16(11(20)13(22)10(5)19)26-14-6(2)8(17(23)25-4)12(21)7(3)15(14)27-18(9)24;17-10-2-1-8-13-9-4-12(19)11(18)3-7(9)5-16(13,21)6-22-15(8)14(10)20/h21-22H,1-4H3;1-4,18-21H,5-6H2. The van der Waals surface area contributed by atoms with Gasteiger partial charge in [0.15, 0.2) is 40.3 Å². The highest BCUT2D eigenvalue weighted by atomic mass is 35.5. The number of allylic oxidation sites excluding steroid dienone is 2. The van der Waals surface area contributed by atoms with Gasteiger partial charge in [0, 0.05) is 28.7 Å². The molecule has 7 rings (SSSR count). The number of phenols is 4. The first-order valence-electron chi connectivity index (χ1n) is 14.4. The van der Waals surface area contributed by atoms with E-state index in [0.29, 0.717) is 22.3 Å². The summed E-state index contributed by atoms with van der Waals surface area (Å²) >= 11 is 12.2. The molecule has 0 bridgehead atoms. The molecule has 15 heteroatoms. The maximum Gasteiger partial charge on any atom is 0.347 e. The summed E-state index contributed by atoms with van der Waals surface area (Å²) in [6.07, 6.45) is 2.90. The molecule has 1 atom stereocenters. The van der Waals surface area contributed by atoms with Gasteiger partial charge < -0.3 is 49.6 Å². The number of hydrogen-bond donors (Lipinski definition) is 6. The summed E-state index contributed by atoms with van der Waals surface area (Å²) in [5.41, 5.74) is 1.06. The fourth-order valence-corrected chi connectivity index (χ4v) is 6.61. The van der Waals surface area contributed by atoms with Gasteiger partial charge in [0.05, 0.1) is 12.1 Å². The van der Waals surface area contributed by atoms with Crippen molar-refractivity contribution in [3.8, 4) is 40.2 Å². The molecule has 49 heavy (non-hydrogen) atoms. The Balaban J connectivity index is 0.000000173. The average Bonchev–Trinajstić information content (AvgIpc) is 3.25. The predicted octanol–water partition coefficient (Wildman–Crippen LogP) is 5.52. The van der Waals surface area contributed by atoms with Gasteiger partial charge in [0.1, 0.15) is 34.1 Å². The SMILES string of the molecule is COC(=O)c1c(C)c2c(c(C)c1O)OC(=O)c1c(C)c(Cl)c(O)c(Cl)c1O2.O=C1C=CC2=C3c4cc(O)c(O)cc4CC3(O)COC2=C1O. The number of aliphatic hydroxyl groups is 2. The van der Waals surface area contributed by atoms with E-state index in [2.05, 4.69) is 0 Å². The van der Waals surface area contributed by atoms with Gasteiger partial charge in [-0.1, -0.05) is 23.2 Å². The highest BCUT2D eigenvalue weighted by Gasteiger charge is 2.48. The second-order valence-electron chi connectivity index (χ2n) is 11.6. The molecule has 3 aromatic rings. The molecule has 0 saturated carbocycles. The van der Waals surface area contributed by atoms with Gasteiger partial charge in [-0.25, -0.2) is 9.59 Å². The second-order valence-corrected chi connectivity index (χ2v) is 12.3. The van der Waals surface area contributed by atoms with Gasteiger partial charge in [-0.3, -0.25) is 4.79 Å². The van der Waals surface area contributed by atoms with Crippen molar-refractivity contribution in [2.24, 2.45) is 0 Å². The first-order chi connectivity index (χ1) is 23.0. The maximum absolute atomic E-state index is 12.7. The van der Waals surface area contributed by atoms with Crippen molar-refractivity contribution in [2.45, 2.75) is 32.8 Å². The molecule has 2 heterocycles. The third-order valence-electron chi connectivity index (χ3n) is 8.63. The largest absolute Gasteiger partial charge is 0.507 e. The molecule has 1 unspecified atom stereocenters. The summed E-state index contributed by atoms with van der Waals surface area (Å²) in [5.74, 6) is -4.32. The van der Waals surface area contributed by atoms with Crippen molar-refractivity contribution in [1.82, 2.24) is 0 Å². The number of rotatable bonds is 1. The number of methoxy groups -OCH3 is 1. The van der Waals surface area contributed by atoms with Gasteiger partial charge >= 0.3 is 11.9 Å².